The van der Waals surface area contributed by atoms with Gasteiger partial charge in [0.25, 0.3) is 0 Å². The average molecular weight is 241 g/mol. The molecule has 2 aliphatic rings. The lowest BCUT2D eigenvalue weighted by molar-refractivity contribution is 0.257. The van der Waals surface area contributed by atoms with Gasteiger partial charge in [-0.2, -0.15) is 11.8 Å². The van der Waals surface area contributed by atoms with E-state index in [-0.39, 0.29) is 0 Å². The maximum absolute atomic E-state index is 3.92. The Bertz CT molecular complexity index is 201. The van der Waals surface area contributed by atoms with Gasteiger partial charge in [0.2, 0.25) is 0 Å². The highest BCUT2D eigenvalue weighted by atomic mass is 32.2. The zero-order chi connectivity index (χ0) is 11.4. The van der Waals surface area contributed by atoms with Crippen LogP contribution in [0.3, 0.4) is 0 Å². The normalized spacial score (nSPS) is 34.9. The molecule has 2 rings (SSSR count). The maximum atomic E-state index is 3.92. The predicted octanol–water partition coefficient (Wildman–Crippen LogP) is 3.83. The van der Waals surface area contributed by atoms with Crippen molar-refractivity contribution in [2.75, 3.05) is 5.75 Å². The van der Waals surface area contributed by atoms with E-state index in [1.807, 2.05) is 0 Å². The second-order valence-corrected chi connectivity index (χ2v) is 7.16. The topological polar surface area (TPSA) is 12.0 Å². The first-order chi connectivity index (χ1) is 7.77. The van der Waals surface area contributed by atoms with Gasteiger partial charge in [0.15, 0.2) is 0 Å². The van der Waals surface area contributed by atoms with E-state index in [4.69, 9.17) is 0 Å². The van der Waals surface area contributed by atoms with Crippen molar-refractivity contribution in [3.63, 3.8) is 0 Å². The molecule has 2 unspecified atom stereocenters. The van der Waals surface area contributed by atoms with Crippen molar-refractivity contribution in [2.24, 2.45) is 5.92 Å². The highest BCUT2D eigenvalue weighted by Gasteiger charge is 2.26. The van der Waals surface area contributed by atoms with Crippen LogP contribution >= 0.6 is 11.8 Å². The summed E-state index contributed by atoms with van der Waals surface area (Å²) >= 11 is 2.15. The van der Waals surface area contributed by atoms with Crippen LogP contribution in [-0.2, 0) is 0 Å². The number of thioether (sulfide) groups is 1. The predicted molar refractivity (Wildman–Crippen MR) is 74.1 cm³/mol. The largest absolute Gasteiger partial charge is 0.310 e. The van der Waals surface area contributed by atoms with Crippen molar-refractivity contribution in [1.29, 1.82) is 0 Å². The minimum absolute atomic E-state index is 0.742. The molecule has 1 heterocycles. The van der Waals surface area contributed by atoms with Gasteiger partial charge in [0.1, 0.15) is 0 Å². The third-order valence-corrected chi connectivity index (χ3v) is 5.82. The van der Waals surface area contributed by atoms with Crippen molar-refractivity contribution >= 4 is 11.8 Å². The van der Waals surface area contributed by atoms with E-state index in [1.54, 1.807) is 0 Å². The Kier molecular flexibility index (Phi) is 5.02. The zero-order valence-electron chi connectivity index (χ0n) is 10.9. The molecule has 0 amide bonds. The summed E-state index contributed by atoms with van der Waals surface area (Å²) in [4.78, 5) is 0. The lowest BCUT2D eigenvalue weighted by Crippen LogP contribution is -2.47. The third kappa shape index (κ3) is 3.40. The van der Waals surface area contributed by atoms with Gasteiger partial charge in [-0.25, -0.2) is 0 Å². The molecule has 3 atom stereocenters. The molecular weight excluding hydrogens is 214 g/mol. The molecule has 0 spiro atoms. The molecular formula is C14H27NS. The van der Waals surface area contributed by atoms with Crippen LogP contribution < -0.4 is 5.32 Å². The van der Waals surface area contributed by atoms with E-state index < -0.39 is 0 Å². The van der Waals surface area contributed by atoms with Crippen LogP contribution in [-0.4, -0.2) is 23.1 Å². The molecule has 94 valence electrons. The molecule has 1 aliphatic heterocycles. The fourth-order valence-corrected chi connectivity index (χ4v) is 4.40. The number of hydrogen-bond donors (Lipinski definition) is 1. The molecule has 16 heavy (non-hydrogen) atoms. The number of rotatable bonds is 3. The molecule has 1 nitrogen and oxygen atoms in total. The molecule has 0 aromatic heterocycles. The maximum Gasteiger partial charge on any atom is 0.0186 e. The van der Waals surface area contributed by atoms with Crippen LogP contribution in [0.15, 0.2) is 0 Å². The first-order valence-corrected chi connectivity index (χ1v) is 8.20. The Morgan fingerprint density at radius 3 is 2.50 bits per heavy atom. The summed E-state index contributed by atoms with van der Waals surface area (Å²) in [5, 5.41) is 4.74. The van der Waals surface area contributed by atoms with Crippen LogP contribution in [0.25, 0.3) is 0 Å². The fourth-order valence-electron chi connectivity index (χ4n) is 3.25. The highest BCUT2D eigenvalue weighted by molar-refractivity contribution is 7.99. The van der Waals surface area contributed by atoms with Gasteiger partial charge in [-0.3, -0.25) is 0 Å². The monoisotopic (exact) mass is 241 g/mol. The van der Waals surface area contributed by atoms with Crippen molar-refractivity contribution in [1.82, 2.24) is 5.32 Å². The molecule has 0 aromatic rings. The minimum atomic E-state index is 0.742. The van der Waals surface area contributed by atoms with E-state index in [0.717, 1.165) is 23.3 Å². The average Bonchev–Trinajstić information content (AvgIpc) is 2.33. The molecule has 2 heteroatoms. The minimum Gasteiger partial charge on any atom is -0.310 e. The van der Waals surface area contributed by atoms with Crippen LogP contribution in [0.5, 0.6) is 0 Å². The lowest BCUT2D eigenvalue weighted by Gasteiger charge is -2.36. The quantitative estimate of drug-likeness (QED) is 0.806. The fraction of sp³-hybridized carbons (Fsp3) is 1.00. The Morgan fingerprint density at radius 2 is 1.81 bits per heavy atom. The first kappa shape index (κ1) is 12.8. The van der Waals surface area contributed by atoms with Gasteiger partial charge in [-0.05, 0) is 44.3 Å². The van der Waals surface area contributed by atoms with Crippen LogP contribution in [0.4, 0.5) is 0 Å². The summed E-state index contributed by atoms with van der Waals surface area (Å²) in [5.41, 5.74) is 0. The lowest BCUT2D eigenvalue weighted by atomic mass is 9.84. The number of hydrogen-bond acceptors (Lipinski definition) is 2. The van der Waals surface area contributed by atoms with Crippen LogP contribution in [0.1, 0.15) is 58.8 Å². The van der Waals surface area contributed by atoms with Crippen molar-refractivity contribution in [3.05, 3.63) is 0 Å². The van der Waals surface area contributed by atoms with E-state index >= 15 is 0 Å². The van der Waals surface area contributed by atoms with E-state index in [0.29, 0.717) is 0 Å². The molecule has 1 saturated carbocycles. The van der Waals surface area contributed by atoms with Gasteiger partial charge in [-0.1, -0.05) is 26.2 Å². The summed E-state index contributed by atoms with van der Waals surface area (Å²) < 4.78 is 0. The van der Waals surface area contributed by atoms with E-state index in [1.165, 1.54) is 50.7 Å². The molecule has 0 aromatic carbocycles. The molecule has 1 aliphatic carbocycles. The van der Waals surface area contributed by atoms with Crippen molar-refractivity contribution in [3.8, 4) is 0 Å². The van der Waals surface area contributed by atoms with E-state index in [2.05, 4.69) is 30.9 Å². The Balaban J connectivity index is 1.78. The van der Waals surface area contributed by atoms with Gasteiger partial charge in [0, 0.05) is 17.3 Å². The summed E-state index contributed by atoms with van der Waals surface area (Å²) in [7, 11) is 0. The van der Waals surface area contributed by atoms with E-state index in [9.17, 15) is 0 Å². The summed E-state index contributed by atoms with van der Waals surface area (Å²) in [6, 6.07) is 1.52. The molecule has 1 N–H and O–H groups in total. The smallest absolute Gasteiger partial charge is 0.0186 e. The molecule has 1 saturated heterocycles. The Labute approximate surface area is 105 Å². The SMILES string of the molecule is CC1SCCCC1N[C@@H](C)C1CCCCC1. The van der Waals surface area contributed by atoms with Crippen LogP contribution in [0, 0.1) is 5.92 Å². The molecule has 0 bridgehead atoms. The Morgan fingerprint density at radius 1 is 1.06 bits per heavy atom. The zero-order valence-corrected chi connectivity index (χ0v) is 11.7. The standard InChI is InChI=1S/C14H27NS/c1-11(13-7-4-3-5-8-13)15-14-9-6-10-16-12(14)2/h11-15H,3-10H2,1-2H3/t11-,12?,14?/m0/s1. The van der Waals surface area contributed by atoms with Gasteiger partial charge in [0.05, 0.1) is 0 Å². The summed E-state index contributed by atoms with van der Waals surface area (Å²) in [6.45, 7) is 4.82. The summed E-state index contributed by atoms with van der Waals surface area (Å²) in [5.74, 6) is 2.32. The first-order valence-electron chi connectivity index (χ1n) is 7.15. The highest BCUT2D eigenvalue weighted by Crippen LogP contribution is 2.29. The number of nitrogens with one attached hydrogen (secondary N) is 1. The summed E-state index contributed by atoms with van der Waals surface area (Å²) in [6.07, 6.45) is 10.1. The molecule has 2 fully saturated rings. The van der Waals surface area contributed by atoms with Crippen molar-refractivity contribution in [2.45, 2.75) is 76.1 Å². The van der Waals surface area contributed by atoms with Gasteiger partial charge < -0.3 is 5.32 Å². The second kappa shape index (κ2) is 6.30. The van der Waals surface area contributed by atoms with Gasteiger partial charge in [-0.15, -0.1) is 0 Å². The van der Waals surface area contributed by atoms with Crippen molar-refractivity contribution < 1.29 is 0 Å². The van der Waals surface area contributed by atoms with Gasteiger partial charge >= 0.3 is 0 Å². The third-order valence-electron chi connectivity index (χ3n) is 4.44. The van der Waals surface area contributed by atoms with Crippen LogP contribution in [0.2, 0.25) is 0 Å². The second-order valence-electron chi connectivity index (χ2n) is 5.68. The Hall–Kier alpha value is 0.310. The molecule has 0 radical (unpaired) electrons.